The van der Waals surface area contributed by atoms with Crippen LogP contribution in [0.2, 0.25) is 0 Å². The van der Waals surface area contributed by atoms with Crippen LogP contribution < -0.4 is 0 Å². The summed E-state index contributed by atoms with van der Waals surface area (Å²) in [4.78, 5) is 3.98. The van der Waals surface area contributed by atoms with Gasteiger partial charge in [-0.1, -0.05) is 24.0 Å². The van der Waals surface area contributed by atoms with Crippen LogP contribution in [0.15, 0.2) is 42.5 Å². The van der Waals surface area contributed by atoms with Gasteiger partial charge in [-0.2, -0.15) is 26.3 Å². The van der Waals surface area contributed by atoms with E-state index < -0.39 is 47.7 Å². The molecule has 1 aliphatic heterocycles. The SMILES string of the molecule is COCCN(CC#CCN1CCOC(O[C@H](C)c2cc(C(F)(F)F)cc(C(F)(F)F)c2)C1c1ccc(F)cc1)CCOC. The molecule has 1 saturated heterocycles. The molecule has 238 valence electrons. The fourth-order valence-corrected chi connectivity index (χ4v) is 4.54. The van der Waals surface area contributed by atoms with E-state index in [0.717, 1.165) is 0 Å². The molecule has 2 aromatic rings. The largest absolute Gasteiger partial charge is 0.416 e. The van der Waals surface area contributed by atoms with Crippen molar-refractivity contribution in [1.29, 1.82) is 0 Å². The summed E-state index contributed by atoms with van der Waals surface area (Å²) in [6.07, 6.45) is -12.3. The van der Waals surface area contributed by atoms with Crippen LogP contribution in [-0.4, -0.2) is 82.9 Å². The monoisotopic (exact) mass is 620 g/mol. The molecule has 13 heteroatoms. The predicted molar refractivity (Wildman–Crippen MR) is 144 cm³/mol. The molecule has 2 aromatic carbocycles. The second-order valence-corrected chi connectivity index (χ2v) is 9.94. The normalized spacial score (nSPS) is 18.9. The van der Waals surface area contributed by atoms with E-state index >= 15 is 0 Å². The third-order valence-corrected chi connectivity index (χ3v) is 6.87. The minimum absolute atomic E-state index is 0.0702. The average Bonchev–Trinajstić information content (AvgIpc) is 2.95. The van der Waals surface area contributed by atoms with Crippen molar-refractivity contribution in [2.24, 2.45) is 0 Å². The first-order valence-electron chi connectivity index (χ1n) is 13.6. The molecule has 0 aliphatic carbocycles. The van der Waals surface area contributed by atoms with Crippen molar-refractivity contribution < 1.29 is 49.7 Å². The minimum Gasteiger partial charge on any atom is -0.383 e. The molecule has 0 spiro atoms. The van der Waals surface area contributed by atoms with Crippen LogP contribution in [0.1, 0.15) is 41.3 Å². The summed E-state index contributed by atoms with van der Waals surface area (Å²) in [5.74, 6) is 5.76. The van der Waals surface area contributed by atoms with E-state index in [1.165, 1.54) is 31.2 Å². The molecular formula is C30H35F7N2O4. The second-order valence-electron chi connectivity index (χ2n) is 9.94. The Labute approximate surface area is 246 Å². The highest BCUT2D eigenvalue weighted by Gasteiger charge is 2.39. The van der Waals surface area contributed by atoms with Crippen LogP contribution >= 0.6 is 0 Å². The van der Waals surface area contributed by atoms with E-state index in [1.807, 2.05) is 4.90 Å². The number of ether oxygens (including phenoxy) is 4. The van der Waals surface area contributed by atoms with Gasteiger partial charge in [0.15, 0.2) is 6.29 Å². The minimum atomic E-state index is -4.99. The van der Waals surface area contributed by atoms with Crippen molar-refractivity contribution in [3.8, 4) is 11.8 Å². The van der Waals surface area contributed by atoms with Gasteiger partial charge >= 0.3 is 12.4 Å². The first-order chi connectivity index (χ1) is 20.3. The van der Waals surface area contributed by atoms with E-state index in [2.05, 4.69) is 16.7 Å². The van der Waals surface area contributed by atoms with Crippen molar-refractivity contribution in [2.45, 2.75) is 37.7 Å². The molecule has 3 atom stereocenters. The summed E-state index contributed by atoms with van der Waals surface area (Å²) >= 11 is 0. The lowest BCUT2D eigenvalue weighted by Crippen LogP contribution is -2.46. The zero-order chi connectivity index (χ0) is 31.6. The van der Waals surface area contributed by atoms with Gasteiger partial charge in [-0.25, -0.2) is 4.39 Å². The van der Waals surface area contributed by atoms with Crippen LogP contribution in [0.3, 0.4) is 0 Å². The lowest BCUT2D eigenvalue weighted by Gasteiger charge is -2.41. The van der Waals surface area contributed by atoms with Crippen molar-refractivity contribution in [3.05, 3.63) is 70.5 Å². The number of hydrogen-bond acceptors (Lipinski definition) is 6. The van der Waals surface area contributed by atoms with Gasteiger partial charge in [0, 0.05) is 33.9 Å². The van der Waals surface area contributed by atoms with Crippen molar-refractivity contribution in [3.63, 3.8) is 0 Å². The third-order valence-electron chi connectivity index (χ3n) is 6.87. The number of halogens is 7. The number of hydrogen-bond donors (Lipinski definition) is 0. The third kappa shape index (κ3) is 10.4. The van der Waals surface area contributed by atoms with Gasteiger partial charge in [-0.05, 0) is 48.4 Å². The first kappa shape index (κ1) is 34.8. The molecule has 0 radical (unpaired) electrons. The van der Waals surface area contributed by atoms with Gasteiger partial charge in [-0.15, -0.1) is 0 Å². The Bertz CT molecular complexity index is 1170. The molecule has 0 aromatic heterocycles. The Balaban J connectivity index is 1.85. The Morgan fingerprint density at radius 3 is 2.05 bits per heavy atom. The summed E-state index contributed by atoms with van der Waals surface area (Å²) in [6.45, 7) is 4.99. The maximum Gasteiger partial charge on any atom is 0.416 e. The highest BCUT2D eigenvalue weighted by atomic mass is 19.4. The number of alkyl halides is 6. The van der Waals surface area contributed by atoms with Gasteiger partial charge in [0.1, 0.15) is 5.82 Å². The molecule has 6 nitrogen and oxygen atoms in total. The smallest absolute Gasteiger partial charge is 0.383 e. The van der Waals surface area contributed by atoms with E-state index in [0.29, 0.717) is 57.1 Å². The van der Waals surface area contributed by atoms with E-state index in [-0.39, 0.29) is 24.8 Å². The summed E-state index contributed by atoms with van der Waals surface area (Å²) in [7, 11) is 3.21. The van der Waals surface area contributed by atoms with E-state index in [4.69, 9.17) is 18.9 Å². The van der Waals surface area contributed by atoms with E-state index in [9.17, 15) is 30.7 Å². The Kier molecular flexibility index (Phi) is 12.8. The molecule has 1 heterocycles. The van der Waals surface area contributed by atoms with Gasteiger partial charge < -0.3 is 18.9 Å². The molecule has 0 amide bonds. The zero-order valence-electron chi connectivity index (χ0n) is 24.1. The van der Waals surface area contributed by atoms with Crippen LogP contribution in [0.5, 0.6) is 0 Å². The lowest BCUT2D eigenvalue weighted by molar-refractivity contribution is -0.228. The zero-order valence-corrected chi connectivity index (χ0v) is 24.1. The fraction of sp³-hybridized carbons (Fsp3) is 0.533. The summed E-state index contributed by atoms with van der Waals surface area (Å²) < 4.78 is 117. The predicted octanol–water partition coefficient (Wildman–Crippen LogP) is 5.94. The maximum atomic E-state index is 13.7. The summed E-state index contributed by atoms with van der Waals surface area (Å²) in [5.41, 5.74) is -2.60. The molecule has 2 unspecified atom stereocenters. The molecule has 0 saturated carbocycles. The highest BCUT2D eigenvalue weighted by Crippen LogP contribution is 2.39. The van der Waals surface area contributed by atoms with Gasteiger partial charge in [0.25, 0.3) is 0 Å². The van der Waals surface area contributed by atoms with Crippen molar-refractivity contribution in [2.75, 3.05) is 66.8 Å². The van der Waals surface area contributed by atoms with Crippen LogP contribution in [-0.2, 0) is 31.3 Å². The number of methoxy groups -OCH3 is 2. The topological polar surface area (TPSA) is 43.4 Å². The number of morpholine rings is 1. The molecule has 1 aliphatic rings. The number of rotatable bonds is 12. The second kappa shape index (κ2) is 15.8. The quantitative estimate of drug-likeness (QED) is 0.216. The lowest BCUT2D eigenvalue weighted by atomic mass is 10.0. The summed E-state index contributed by atoms with van der Waals surface area (Å²) in [5, 5.41) is 0. The number of benzene rings is 2. The fourth-order valence-electron chi connectivity index (χ4n) is 4.54. The Hall–Kier alpha value is -2.73. The highest BCUT2D eigenvalue weighted by molar-refractivity contribution is 5.35. The van der Waals surface area contributed by atoms with Gasteiger partial charge in [0.05, 0.1) is 56.2 Å². The van der Waals surface area contributed by atoms with Crippen LogP contribution in [0.4, 0.5) is 30.7 Å². The molecule has 1 fully saturated rings. The van der Waals surface area contributed by atoms with Gasteiger partial charge in [0.2, 0.25) is 0 Å². The first-order valence-corrected chi connectivity index (χ1v) is 13.6. The van der Waals surface area contributed by atoms with Crippen LogP contribution in [0, 0.1) is 17.7 Å². The maximum absolute atomic E-state index is 13.7. The van der Waals surface area contributed by atoms with Crippen molar-refractivity contribution in [1.82, 2.24) is 9.80 Å². The van der Waals surface area contributed by atoms with E-state index in [1.54, 1.807) is 14.2 Å². The van der Waals surface area contributed by atoms with Gasteiger partial charge in [-0.3, -0.25) is 9.80 Å². The Morgan fingerprint density at radius 1 is 0.930 bits per heavy atom. The molecule has 0 N–H and O–H groups in total. The molecule has 0 bridgehead atoms. The Morgan fingerprint density at radius 2 is 1.51 bits per heavy atom. The molecule has 43 heavy (non-hydrogen) atoms. The average molecular weight is 621 g/mol. The summed E-state index contributed by atoms with van der Waals surface area (Å²) in [6, 6.07) is 6.23. The molecular weight excluding hydrogens is 585 g/mol. The standard InChI is InChI=1S/C30H35F7N2O4/c1-21(23-18-24(29(32,33)34)20-25(19-23)30(35,36)37)43-28-27(22-6-8-26(31)9-7-22)39(14-17-42-28)11-5-4-10-38(12-15-40-2)13-16-41-3/h6-9,18-21,27-28H,10-17H2,1-3H3/t21-,27?,28?/m1/s1. The van der Waals surface area contributed by atoms with Crippen molar-refractivity contribution >= 4 is 0 Å². The molecule has 3 rings (SSSR count). The number of nitrogens with zero attached hydrogens (tertiary/aromatic N) is 2. The van der Waals surface area contributed by atoms with Crippen LogP contribution in [0.25, 0.3) is 0 Å².